The Hall–Kier alpha value is -2.03. The van der Waals surface area contributed by atoms with Crippen LogP contribution in [0.15, 0.2) is 11.8 Å². The Balaban J connectivity index is 0.00000324. The fourth-order valence-electron chi connectivity index (χ4n) is 2.20. The second kappa shape index (κ2) is 6.64. The van der Waals surface area contributed by atoms with Gasteiger partial charge in [-0.1, -0.05) is 0 Å². The number of carbonyl (C=O) groups excluding carboxylic acids is 1. The summed E-state index contributed by atoms with van der Waals surface area (Å²) in [5.74, 6) is 0.0376. The van der Waals surface area contributed by atoms with E-state index < -0.39 is 0 Å². The van der Waals surface area contributed by atoms with E-state index in [-0.39, 0.29) is 25.5 Å². The van der Waals surface area contributed by atoms with Crippen molar-refractivity contribution in [2.45, 2.75) is 19.3 Å². The van der Waals surface area contributed by atoms with Crippen molar-refractivity contribution in [3.05, 3.63) is 11.8 Å². The van der Waals surface area contributed by atoms with Gasteiger partial charge in [0.2, 0.25) is 5.91 Å². The molecule has 1 fully saturated rings. The molecule has 4 N–H and O–H groups in total. The number of nitrogens with two attached hydrogens (primary N) is 1. The molecule has 0 saturated carbocycles. The molecule has 0 spiro atoms. The number of amidine groups is 1. The molecule has 1 heterocycles. The Labute approximate surface area is 108 Å². The van der Waals surface area contributed by atoms with Crippen LogP contribution in [0.2, 0.25) is 0 Å². The first-order valence-corrected chi connectivity index (χ1v) is 5.96. The van der Waals surface area contributed by atoms with Crippen molar-refractivity contribution in [2.75, 3.05) is 20.1 Å². The van der Waals surface area contributed by atoms with Crippen LogP contribution in [0.1, 0.15) is 20.7 Å². The SMILES string of the molecule is CN/C(=C\C(=N)N)C1CCCN(C(=O)CC#N)C1.[HH]. The summed E-state index contributed by atoms with van der Waals surface area (Å²) in [7, 11) is 1.78. The minimum absolute atomic E-state index is 0. The molecule has 1 rings (SSSR count). The second-order valence-electron chi connectivity index (χ2n) is 4.32. The zero-order chi connectivity index (χ0) is 13.5. The molecule has 1 atom stereocenters. The second-order valence-corrected chi connectivity index (χ2v) is 4.32. The summed E-state index contributed by atoms with van der Waals surface area (Å²) in [6, 6.07) is 1.88. The van der Waals surface area contributed by atoms with Crippen molar-refractivity contribution in [3.63, 3.8) is 0 Å². The molecule has 0 bridgehead atoms. The average molecular weight is 251 g/mol. The molecule has 1 aliphatic heterocycles. The van der Waals surface area contributed by atoms with Gasteiger partial charge in [0, 0.05) is 33.2 Å². The first-order valence-electron chi connectivity index (χ1n) is 5.96. The Bertz CT molecular complexity index is 401. The van der Waals surface area contributed by atoms with Crippen LogP contribution < -0.4 is 11.1 Å². The number of nitriles is 1. The van der Waals surface area contributed by atoms with Crippen LogP contribution in [-0.4, -0.2) is 36.8 Å². The molecule has 1 aliphatic rings. The summed E-state index contributed by atoms with van der Waals surface area (Å²) in [5, 5.41) is 18.9. The van der Waals surface area contributed by atoms with Crippen LogP contribution >= 0.6 is 0 Å². The molecule has 1 amide bonds. The van der Waals surface area contributed by atoms with Gasteiger partial charge in [-0.2, -0.15) is 5.26 Å². The maximum Gasteiger partial charge on any atom is 0.236 e. The molecular formula is C12H21N5O. The zero-order valence-corrected chi connectivity index (χ0v) is 10.6. The molecule has 1 saturated heterocycles. The highest BCUT2D eigenvalue weighted by Gasteiger charge is 2.25. The average Bonchev–Trinajstić information content (AvgIpc) is 2.36. The molecule has 100 valence electrons. The van der Waals surface area contributed by atoms with Gasteiger partial charge >= 0.3 is 0 Å². The van der Waals surface area contributed by atoms with Crippen molar-refractivity contribution >= 4 is 11.7 Å². The third-order valence-electron chi connectivity index (χ3n) is 3.04. The first kappa shape index (κ1) is 14.0. The lowest BCUT2D eigenvalue weighted by atomic mass is 9.94. The van der Waals surface area contributed by atoms with Crippen LogP contribution in [0.5, 0.6) is 0 Å². The van der Waals surface area contributed by atoms with Gasteiger partial charge in [0.15, 0.2) is 0 Å². The molecular weight excluding hydrogens is 230 g/mol. The third kappa shape index (κ3) is 3.77. The number of likely N-dealkylation sites (tertiary alicyclic amines) is 1. The summed E-state index contributed by atoms with van der Waals surface area (Å²) in [6.45, 7) is 1.29. The maximum absolute atomic E-state index is 11.7. The molecule has 6 nitrogen and oxygen atoms in total. The normalized spacial score (nSPS) is 20.1. The highest BCUT2D eigenvalue weighted by molar-refractivity contribution is 5.89. The van der Waals surface area contributed by atoms with Gasteiger partial charge in [-0.05, 0) is 18.9 Å². The maximum atomic E-state index is 11.7. The quantitative estimate of drug-likeness (QED) is 0.497. The molecule has 0 aliphatic carbocycles. The molecule has 1 unspecified atom stereocenters. The van der Waals surface area contributed by atoms with Crippen molar-refractivity contribution in [1.82, 2.24) is 10.2 Å². The number of hydrogen-bond donors (Lipinski definition) is 3. The number of nitrogens with zero attached hydrogens (tertiary/aromatic N) is 2. The fraction of sp³-hybridized carbons (Fsp3) is 0.583. The number of amides is 1. The lowest BCUT2D eigenvalue weighted by Gasteiger charge is -2.33. The number of hydrogen-bond acceptors (Lipinski definition) is 4. The number of rotatable bonds is 4. The van der Waals surface area contributed by atoms with E-state index in [0.29, 0.717) is 13.1 Å². The Kier molecular flexibility index (Phi) is 5.18. The minimum atomic E-state index is -0.125. The summed E-state index contributed by atoms with van der Waals surface area (Å²) in [6.07, 6.45) is 3.37. The predicted octanol–water partition coefficient (Wildman–Crippen LogP) is 0.424. The highest BCUT2D eigenvalue weighted by atomic mass is 16.2. The smallest absolute Gasteiger partial charge is 0.236 e. The van der Waals surface area contributed by atoms with Gasteiger partial charge in [0.25, 0.3) is 0 Å². The van der Waals surface area contributed by atoms with E-state index in [1.807, 2.05) is 6.07 Å². The van der Waals surface area contributed by atoms with Gasteiger partial charge in [0.05, 0.1) is 6.07 Å². The van der Waals surface area contributed by atoms with Crippen molar-refractivity contribution < 1.29 is 6.22 Å². The van der Waals surface area contributed by atoms with Gasteiger partial charge in [0.1, 0.15) is 12.3 Å². The number of piperidine rings is 1. The van der Waals surface area contributed by atoms with Crippen LogP contribution in [0, 0.1) is 22.7 Å². The lowest BCUT2D eigenvalue weighted by molar-refractivity contribution is -0.131. The first-order chi connectivity index (χ1) is 8.58. The minimum Gasteiger partial charge on any atom is -0.391 e. The Morgan fingerprint density at radius 3 is 3.06 bits per heavy atom. The third-order valence-corrected chi connectivity index (χ3v) is 3.04. The van der Waals surface area contributed by atoms with E-state index in [1.165, 1.54) is 0 Å². The van der Waals surface area contributed by atoms with Gasteiger partial charge in [-0.3, -0.25) is 10.2 Å². The predicted molar refractivity (Wildman–Crippen MR) is 70.7 cm³/mol. The fourth-order valence-corrected chi connectivity index (χ4v) is 2.20. The van der Waals surface area contributed by atoms with Gasteiger partial charge < -0.3 is 16.0 Å². The number of carbonyl (C=O) groups is 1. The van der Waals surface area contributed by atoms with Crippen LogP contribution in [-0.2, 0) is 4.79 Å². The summed E-state index contributed by atoms with van der Waals surface area (Å²) < 4.78 is 0. The van der Waals surface area contributed by atoms with Gasteiger partial charge in [-0.15, -0.1) is 0 Å². The molecule has 0 aromatic carbocycles. The molecule has 6 heteroatoms. The van der Waals surface area contributed by atoms with Crippen LogP contribution in [0.25, 0.3) is 0 Å². The van der Waals surface area contributed by atoms with Crippen molar-refractivity contribution in [1.29, 1.82) is 10.7 Å². The van der Waals surface area contributed by atoms with E-state index in [9.17, 15) is 4.79 Å². The standard InChI is InChI=1S/C12H19N5O.H2/c1-16-10(7-11(14)15)9-3-2-6-17(8-9)12(18)4-5-13;/h7,9,16H,2-4,6,8H2,1H3,(H3,14,15);1H/b10-7-;. The monoisotopic (exact) mass is 251 g/mol. The van der Waals surface area contributed by atoms with E-state index in [0.717, 1.165) is 18.5 Å². The lowest BCUT2D eigenvalue weighted by Crippen LogP contribution is -2.41. The summed E-state index contributed by atoms with van der Waals surface area (Å²) in [4.78, 5) is 13.4. The van der Waals surface area contributed by atoms with Crippen molar-refractivity contribution in [2.24, 2.45) is 11.7 Å². The van der Waals surface area contributed by atoms with Gasteiger partial charge in [-0.25, -0.2) is 0 Å². The van der Waals surface area contributed by atoms with Crippen LogP contribution in [0.3, 0.4) is 0 Å². The topological polar surface area (TPSA) is 106 Å². The van der Waals surface area contributed by atoms with Crippen LogP contribution in [0.4, 0.5) is 0 Å². The summed E-state index contributed by atoms with van der Waals surface area (Å²) in [5.41, 5.74) is 6.23. The van der Waals surface area contributed by atoms with E-state index >= 15 is 0 Å². The zero-order valence-electron chi connectivity index (χ0n) is 10.6. The number of nitrogens with one attached hydrogen (secondary N) is 2. The van der Waals surface area contributed by atoms with E-state index in [2.05, 4.69) is 5.32 Å². The molecule has 18 heavy (non-hydrogen) atoms. The molecule has 0 aromatic rings. The molecule has 0 radical (unpaired) electrons. The van der Waals surface area contributed by atoms with Crippen molar-refractivity contribution in [3.8, 4) is 6.07 Å². The van der Waals surface area contributed by atoms with E-state index in [4.69, 9.17) is 16.4 Å². The Morgan fingerprint density at radius 2 is 2.50 bits per heavy atom. The Morgan fingerprint density at radius 1 is 1.78 bits per heavy atom. The summed E-state index contributed by atoms with van der Waals surface area (Å²) >= 11 is 0. The van der Waals surface area contributed by atoms with E-state index in [1.54, 1.807) is 18.0 Å². The molecule has 0 aromatic heterocycles. The highest BCUT2D eigenvalue weighted by Crippen LogP contribution is 2.22. The largest absolute Gasteiger partial charge is 0.391 e.